The van der Waals surface area contributed by atoms with Crippen LogP contribution in [0.5, 0.6) is 0 Å². The molecule has 1 aromatic heterocycles. The van der Waals surface area contributed by atoms with E-state index in [1.54, 1.807) is 0 Å². The molecule has 2 atom stereocenters. The molecule has 0 saturated heterocycles. The smallest absolute Gasteiger partial charge is 0.257 e. The molecule has 25 heavy (non-hydrogen) atoms. The molecule has 1 aromatic carbocycles. The van der Waals surface area contributed by atoms with Crippen molar-refractivity contribution in [3.05, 3.63) is 29.6 Å². The summed E-state index contributed by atoms with van der Waals surface area (Å²) in [6, 6.07) is 5.76. The van der Waals surface area contributed by atoms with Gasteiger partial charge in [0.1, 0.15) is 0 Å². The first-order chi connectivity index (χ1) is 11.3. The summed E-state index contributed by atoms with van der Waals surface area (Å²) in [5.41, 5.74) is 2.53. The molecule has 1 N–H and O–H groups in total. The van der Waals surface area contributed by atoms with E-state index in [9.17, 15) is 8.42 Å². The second kappa shape index (κ2) is 7.31. The Morgan fingerprint density at radius 3 is 2.80 bits per heavy atom. The van der Waals surface area contributed by atoms with E-state index in [-0.39, 0.29) is 24.5 Å². The minimum atomic E-state index is -3.28. The van der Waals surface area contributed by atoms with Gasteiger partial charge in [0.25, 0.3) is 5.89 Å². The van der Waals surface area contributed by atoms with Crippen LogP contribution in [0.15, 0.2) is 22.7 Å². The molecule has 7 nitrogen and oxygen atoms in total. The van der Waals surface area contributed by atoms with Crippen molar-refractivity contribution in [2.75, 3.05) is 17.6 Å². The maximum atomic E-state index is 12.0. The second-order valence-electron chi connectivity index (χ2n) is 6.37. The number of halogens is 1. The standard InChI is InChI=1S/C16H22N4O3S.ClH/c1-10(17-3)7-15-18-16(23-19-15)12-5-6-14-13(9-12)8-11(2)20(14)24(4,21)22;/h5-6,9-11,17H,7-8H2,1-4H3;1H. The molecule has 0 radical (unpaired) electrons. The van der Waals surface area contributed by atoms with Gasteiger partial charge in [-0.05, 0) is 51.1 Å². The molecule has 2 unspecified atom stereocenters. The number of hydrogen-bond acceptors (Lipinski definition) is 6. The zero-order chi connectivity index (χ0) is 17.5. The van der Waals surface area contributed by atoms with E-state index in [1.165, 1.54) is 10.6 Å². The lowest BCUT2D eigenvalue weighted by Gasteiger charge is -2.21. The topological polar surface area (TPSA) is 88.3 Å². The lowest BCUT2D eigenvalue weighted by atomic mass is 10.1. The predicted molar refractivity (Wildman–Crippen MR) is 99.7 cm³/mol. The highest BCUT2D eigenvalue weighted by atomic mass is 35.5. The maximum Gasteiger partial charge on any atom is 0.257 e. The minimum absolute atomic E-state index is 0. The number of nitrogens with one attached hydrogen (secondary N) is 1. The van der Waals surface area contributed by atoms with Crippen molar-refractivity contribution in [1.82, 2.24) is 15.5 Å². The number of nitrogens with zero attached hydrogens (tertiary/aromatic N) is 3. The quantitative estimate of drug-likeness (QED) is 0.845. The van der Waals surface area contributed by atoms with Gasteiger partial charge in [0.05, 0.1) is 11.9 Å². The fourth-order valence-electron chi connectivity index (χ4n) is 3.07. The number of aromatic nitrogens is 2. The van der Waals surface area contributed by atoms with Crippen LogP contribution in [0, 0.1) is 0 Å². The molecule has 0 amide bonds. The molecule has 1 aliphatic rings. The highest BCUT2D eigenvalue weighted by Crippen LogP contribution is 2.36. The summed E-state index contributed by atoms with van der Waals surface area (Å²) in [6.45, 7) is 3.96. The molecule has 138 valence electrons. The average molecular weight is 387 g/mol. The SMILES string of the molecule is CNC(C)Cc1noc(-c2ccc3c(c2)CC(C)N3S(C)(=O)=O)n1.Cl. The number of hydrogen-bond donors (Lipinski definition) is 1. The van der Waals surface area contributed by atoms with Gasteiger partial charge in [0.15, 0.2) is 5.82 Å². The highest BCUT2D eigenvalue weighted by Gasteiger charge is 2.32. The minimum Gasteiger partial charge on any atom is -0.334 e. The first kappa shape index (κ1) is 19.7. The van der Waals surface area contributed by atoms with Crippen molar-refractivity contribution < 1.29 is 12.9 Å². The molecule has 0 spiro atoms. The third kappa shape index (κ3) is 3.96. The van der Waals surface area contributed by atoms with E-state index in [0.717, 1.165) is 16.8 Å². The summed E-state index contributed by atoms with van der Waals surface area (Å²) in [5, 5.41) is 7.15. The van der Waals surface area contributed by atoms with Gasteiger partial charge in [-0.1, -0.05) is 5.16 Å². The molecule has 2 aromatic rings. The number of anilines is 1. The fourth-order valence-corrected chi connectivity index (χ4v) is 4.33. The lowest BCUT2D eigenvalue weighted by Crippen LogP contribution is -2.34. The Kier molecular flexibility index (Phi) is 5.75. The van der Waals surface area contributed by atoms with Crippen molar-refractivity contribution in [2.45, 2.75) is 38.8 Å². The van der Waals surface area contributed by atoms with Crippen LogP contribution in [0.1, 0.15) is 25.2 Å². The van der Waals surface area contributed by atoms with Crippen LogP contribution in [-0.2, 0) is 22.9 Å². The van der Waals surface area contributed by atoms with Crippen LogP contribution < -0.4 is 9.62 Å². The largest absolute Gasteiger partial charge is 0.334 e. The first-order valence-corrected chi connectivity index (χ1v) is 9.77. The molecule has 9 heteroatoms. The summed E-state index contributed by atoms with van der Waals surface area (Å²) in [4.78, 5) is 4.43. The third-order valence-corrected chi connectivity index (χ3v) is 5.56. The molecule has 0 aliphatic carbocycles. The predicted octanol–water partition coefficient (Wildman–Crippen LogP) is 2.02. The van der Waals surface area contributed by atoms with Crippen LogP contribution in [0.3, 0.4) is 0 Å². The van der Waals surface area contributed by atoms with Crippen molar-refractivity contribution in [2.24, 2.45) is 0 Å². The Labute approximate surface area is 154 Å². The number of rotatable bonds is 5. The molecule has 3 rings (SSSR count). The Bertz CT molecular complexity index is 853. The summed E-state index contributed by atoms with van der Waals surface area (Å²) in [5.74, 6) is 1.11. The summed E-state index contributed by atoms with van der Waals surface area (Å²) in [7, 11) is -1.39. The van der Waals surface area contributed by atoms with Gasteiger partial charge in [-0.25, -0.2) is 8.42 Å². The van der Waals surface area contributed by atoms with E-state index >= 15 is 0 Å². The Morgan fingerprint density at radius 1 is 1.44 bits per heavy atom. The molecular weight excluding hydrogens is 364 g/mol. The van der Waals surface area contributed by atoms with E-state index in [4.69, 9.17) is 4.52 Å². The van der Waals surface area contributed by atoms with Crippen LogP contribution >= 0.6 is 12.4 Å². The van der Waals surface area contributed by atoms with Gasteiger partial charge in [0, 0.05) is 24.1 Å². The molecule has 2 heterocycles. The highest BCUT2D eigenvalue weighted by molar-refractivity contribution is 7.92. The first-order valence-electron chi connectivity index (χ1n) is 7.92. The Hall–Kier alpha value is -1.64. The normalized spacial score (nSPS) is 17.9. The van der Waals surface area contributed by atoms with Crippen molar-refractivity contribution in [1.29, 1.82) is 0 Å². The number of benzene rings is 1. The monoisotopic (exact) mass is 386 g/mol. The van der Waals surface area contributed by atoms with Crippen molar-refractivity contribution in [3.8, 4) is 11.5 Å². The van der Waals surface area contributed by atoms with E-state index in [1.807, 2.05) is 39.1 Å². The van der Waals surface area contributed by atoms with Gasteiger partial charge in [-0.2, -0.15) is 4.98 Å². The van der Waals surface area contributed by atoms with Crippen LogP contribution in [0.25, 0.3) is 11.5 Å². The van der Waals surface area contributed by atoms with Gasteiger partial charge >= 0.3 is 0 Å². The van der Waals surface area contributed by atoms with E-state index in [0.29, 0.717) is 24.6 Å². The molecule has 0 saturated carbocycles. The van der Waals surface area contributed by atoms with Crippen molar-refractivity contribution in [3.63, 3.8) is 0 Å². The molecule has 0 bridgehead atoms. The summed E-state index contributed by atoms with van der Waals surface area (Å²) in [6.07, 6.45) is 2.59. The second-order valence-corrected chi connectivity index (χ2v) is 8.22. The lowest BCUT2D eigenvalue weighted by molar-refractivity contribution is 0.418. The fraction of sp³-hybridized carbons (Fsp3) is 0.500. The van der Waals surface area contributed by atoms with Crippen molar-refractivity contribution >= 4 is 28.1 Å². The number of fused-ring (bicyclic) bond motifs is 1. The molecule has 0 fully saturated rings. The average Bonchev–Trinajstić information content (AvgIpc) is 3.08. The van der Waals surface area contributed by atoms with Crippen LogP contribution in [-0.4, -0.2) is 43.9 Å². The van der Waals surface area contributed by atoms with Gasteiger partial charge in [0.2, 0.25) is 10.0 Å². The zero-order valence-electron chi connectivity index (χ0n) is 14.7. The maximum absolute atomic E-state index is 12.0. The van der Waals surface area contributed by atoms with Crippen LogP contribution in [0.2, 0.25) is 0 Å². The third-order valence-electron chi connectivity index (χ3n) is 4.29. The van der Waals surface area contributed by atoms with Gasteiger partial charge in [-0.15, -0.1) is 12.4 Å². The summed E-state index contributed by atoms with van der Waals surface area (Å²) < 4.78 is 30.8. The molecule has 1 aliphatic heterocycles. The number of likely N-dealkylation sites (N-methyl/N-ethyl adjacent to an activating group) is 1. The van der Waals surface area contributed by atoms with Gasteiger partial charge < -0.3 is 9.84 Å². The Morgan fingerprint density at radius 2 is 2.16 bits per heavy atom. The molecular formula is C16H23ClN4O3S. The number of sulfonamides is 1. The van der Waals surface area contributed by atoms with Gasteiger partial charge in [-0.3, -0.25) is 4.31 Å². The van der Waals surface area contributed by atoms with Crippen LogP contribution in [0.4, 0.5) is 5.69 Å². The van der Waals surface area contributed by atoms with E-state index < -0.39 is 10.0 Å². The zero-order valence-corrected chi connectivity index (χ0v) is 16.3. The Balaban J connectivity index is 0.00000225. The van der Waals surface area contributed by atoms with E-state index in [2.05, 4.69) is 15.5 Å². The summed E-state index contributed by atoms with van der Waals surface area (Å²) >= 11 is 0.